The Bertz CT molecular complexity index is 924. The van der Waals surface area contributed by atoms with Crippen LogP contribution in [0, 0.1) is 0 Å². The van der Waals surface area contributed by atoms with Crippen LogP contribution in [0.5, 0.6) is 11.5 Å². The Kier molecular flexibility index (Phi) is 7.28. The molecule has 0 unspecified atom stereocenters. The highest BCUT2D eigenvalue weighted by Gasteiger charge is 2.23. The topological polar surface area (TPSA) is 75.2 Å². The van der Waals surface area contributed by atoms with Gasteiger partial charge in [-0.05, 0) is 25.3 Å². The van der Waals surface area contributed by atoms with Crippen molar-refractivity contribution in [2.24, 2.45) is 0 Å². The van der Waals surface area contributed by atoms with Gasteiger partial charge >= 0.3 is 0 Å². The van der Waals surface area contributed by atoms with E-state index in [-0.39, 0.29) is 0 Å². The molecular formula is C24H36N6O3. The molecule has 0 bridgehead atoms. The standard InChI is InChI=1S/C24H36N6O3/c1-31-21-17-19-20(18-22(21)33-14-4-7-28-12-15-32-16-13-28)26-24(30-8-2-3-9-30)27-23(19)29-10-5-25-6-11-29/h17-18,25H,2-16H2,1H3. The Labute approximate surface area is 196 Å². The van der Waals surface area contributed by atoms with E-state index >= 15 is 0 Å². The molecule has 0 saturated carbocycles. The van der Waals surface area contributed by atoms with Gasteiger partial charge in [0.25, 0.3) is 0 Å². The number of ether oxygens (including phenoxy) is 3. The van der Waals surface area contributed by atoms with Gasteiger partial charge in [0.2, 0.25) is 5.95 Å². The summed E-state index contributed by atoms with van der Waals surface area (Å²) >= 11 is 0. The number of benzene rings is 1. The quantitative estimate of drug-likeness (QED) is 0.598. The van der Waals surface area contributed by atoms with Crippen LogP contribution in [0.15, 0.2) is 12.1 Å². The van der Waals surface area contributed by atoms with Crippen molar-refractivity contribution in [2.45, 2.75) is 19.3 Å². The number of rotatable bonds is 8. The highest BCUT2D eigenvalue weighted by molar-refractivity contribution is 5.93. The van der Waals surface area contributed by atoms with Crippen molar-refractivity contribution >= 4 is 22.7 Å². The number of anilines is 2. The molecule has 2 aromatic rings. The van der Waals surface area contributed by atoms with E-state index in [1.807, 2.05) is 6.07 Å². The molecule has 4 heterocycles. The maximum absolute atomic E-state index is 6.20. The molecule has 1 N–H and O–H groups in total. The van der Waals surface area contributed by atoms with Crippen molar-refractivity contribution in [1.29, 1.82) is 0 Å². The summed E-state index contributed by atoms with van der Waals surface area (Å²) in [5.41, 5.74) is 0.921. The molecule has 0 atom stereocenters. The second-order valence-corrected chi connectivity index (χ2v) is 8.95. The van der Waals surface area contributed by atoms with Crippen molar-refractivity contribution < 1.29 is 14.2 Å². The number of fused-ring (bicyclic) bond motifs is 1. The maximum atomic E-state index is 6.20. The molecule has 1 aromatic heterocycles. The first-order valence-corrected chi connectivity index (χ1v) is 12.3. The molecule has 9 nitrogen and oxygen atoms in total. The Morgan fingerprint density at radius 3 is 2.48 bits per heavy atom. The molecule has 1 aromatic carbocycles. The summed E-state index contributed by atoms with van der Waals surface area (Å²) in [4.78, 5) is 17.1. The molecule has 3 saturated heterocycles. The van der Waals surface area contributed by atoms with Gasteiger partial charge in [0.15, 0.2) is 11.5 Å². The van der Waals surface area contributed by atoms with E-state index in [1.54, 1.807) is 7.11 Å². The zero-order valence-corrected chi connectivity index (χ0v) is 19.7. The minimum atomic E-state index is 0.647. The Morgan fingerprint density at radius 2 is 1.73 bits per heavy atom. The fourth-order valence-corrected chi connectivity index (χ4v) is 4.85. The zero-order chi connectivity index (χ0) is 22.5. The normalized spacial score (nSPS) is 19.9. The average molecular weight is 457 g/mol. The number of nitrogens with one attached hydrogen (secondary N) is 1. The molecule has 180 valence electrons. The molecule has 0 aliphatic carbocycles. The van der Waals surface area contributed by atoms with Gasteiger partial charge in [-0.25, -0.2) is 4.98 Å². The number of hydrogen-bond donors (Lipinski definition) is 1. The number of piperazine rings is 1. The van der Waals surface area contributed by atoms with Gasteiger partial charge in [-0.3, -0.25) is 4.90 Å². The van der Waals surface area contributed by atoms with E-state index in [0.29, 0.717) is 6.61 Å². The molecule has 3 fully saturated rings. The van der Waals surface area contributed by atoms with Gasteiger partial charge in [0.05, 0.1) is 32.4 Å². The van der Waals surface area contributed by atoms with Gasteiger partial charge in [-0.1, -0.05) is 0 Å². The van der Waals surface area contributed by atoms with Gasteiger partial charge in [-0.15, -0.1) is 0 Å². The summed E-state index contributed by atoms with van der Waals surface area (Å²) in [6.45, 7) is 11.2. The predicted octanol–water partition coefficient (Wildman–Crippen LogP) is 1.75. The summed E-state index contributed by atoms with van der Waals surface area (Å²) in [5.74, 6) is 3.32. The second-order valence-electron chi connectivity index (χ2n) is 8.95. The van der Waals surface area contributed by atoms with E-state index in [0.717, 1.165) is 113 Å². The van der Waals surface area contributed by atoms with Crippen molar-refractivity contribution in [3.63, 3.8) is 0 Å². The van der Waals surface area contributed by atoms with Crippen molar-refractivity contribution in [3.8, 4) is 11.5 Å². The molecule has 0 radical (unpaired) electrons. The SMILES string of the molecule is COc1cc2c(N3CCNCC3)nc(N3CCCC3)nc2cc1OCCCN1CCOCC1. The molecule has 0 spiro atoms. The number of methoxy groups -OCH3 is 1. The summed E-state index contributed by atoms with van der Waals surface area (Å²) < 4.78 is 17.4. The number of aromatic nitrogens is 2. The van der Waals surface area contributed by atoms with Gasteiger partial charge < -0.3 is 29.3 Å². The molecule has 33 heavy (non-hydrogen) atoms. The Morgan fingerprint density at radius 1 is 0.939 bits per heavy atom. The largest absolute Gasteiger partial charge is 0.493 e. The fourth-order valence-electron chi connectivity index (χ4n) is 4.85. The fraction of sp³-hybridized carbons (Fsp3) is 0.667. The van der Waals surface area contributed by atoms with Crippen LogP contribution in [0.2, 0.25) is 0 Å². The molecule has 3 aliphatic heterocycles. The average Bonchev–Trinajstić information content (AvgIpc) is 3.42. The van der Waals surface area contributed by atoms with Crippen molar-refractivity contribution in [1.82, 2.24) is 20.2 Å². The van der Waals surface area contributed by atoms with E-state index in [1.165, 1.54) is 12.8 Å². The summed E-state index contributed by atoms with van der Waals surface area (Å²) in [5, 5.41) is 4.46. The van der Waals surface area contributed by atoms with Crippen LogP contribution in [-0.4, -0.2) is 101 Å². The van der Waals surface area contributed by atoms with Crippen molar-refractivity contribution in [3.05, 3.63) is 12.1 Å². The first-order valence-electron chi connectivity index (χ1n) is 12.3. The monoisotopic (exact) mass is 456 g/mol. The minimum Gasteiger partial charge on any atom is -0.493 e. The van der Waals surface area contributed by atoms with Crippen LogP contribution in [-0.2, 0) is 4.74 Å². The van der Waals surface area contributed by atoms with Crippen LogP contribution in [0.3, 0.4) is 0 Å². The number of nitrogens with zero attached hydrogens (tertiary/aromatic N) is 5. The van der Waals surface area contributed by atoms with Crippen LogP contribution in [0.1, 0.15) is 19.3 Å². The first-order chi connectivity index (χ1) is 16.3. The molecular weight excluding hydrogens is 420 g/mol. The lowest BCUT2D eigenvalue weighted by atomic mass is 10.2. The van der Waals surface area contributed by atoms with Crippen LogP contribution < -0.4 is 24.6 Å². The number of hydrogen-bond acceptors (Lipinski definition) is 9. The molecule has 9 heteroatoms. The van der Waals surface area contributed by atoms with Crippen molar-refractivity contribution in [2.75, 3.05) is 95.6 Å². The van der Waals surface area contributed by atoms with Gasteiger partial charge in [-0.2, -0.15) is 4.98 Å². The summed E-state index contributed by atoms with van der Waals surface area (Å²) in [6.07, 6.45) is 3.37. The second kappa shape index (κ2) is 10.7. The Hall–Kier alpha value is -2.36. The van der Waals surface area contributed by atoms with Crippen LogP contribution in [0.25, 0.3) is 10.9 Å². The summed E-state index contributed by atoms with van der Waals surface area (Å²) in [6, 6.07) is 4.09. The smallest absolute Gasteiger partial charge is 0.227 e. The highest BCUT2D eigenvalue weighted by Crippen LogP contribution is 2.37. The van der Waals surface area contributed by atoms with Crippen LogP contribution >= 0.6 is 0 Å². The maximum Gasteiger partial charge on any atom is 0.227 e. The van der Waals surface area contributed by atoms with Crippen LogP contribution in [0.4, 0.5) is 11.8 Å². The number of morpholine rings is 1. The first kappa shape index (κ1) is 22.4. The predicted molar refractivity (Wildman–Crippen MR) is 130 cm³/mol. The van der Waals surface area contributed by atoms with Gasteiger partial charge in [0.1, 0.15) is 5.82 Å². The third-order valence-electron chi connectivity index (χ3n) is 6.73. The molecule has 0 amide bonds. The van der Waals surface area contributed by atoms with E-state index < -0.39 is 0 Å². The zero-order valence-electron chi connectivity index (χ0n) is 19.7. The lowest BCUT2D eigenvalue weighted by Gasteiger charge is -2.30. The minimum absolute atomic E-state index is 0.647. The van der Waals surface area contributed by atoms with E-state index in [4.69, 9.17) is 24.2 Å². The molecule has 5 rings (SSSR count). The summed E-state index contributed by atoms with van der Waals surface area (Å²) in [7, 11) is 1.70. The van der Waals surface area contributed by atoms with Gasteiger partial charge in [0, 0.05) is 70.4 Å². The van der Waals surface area contributed by atoms with E-state index in [9.17, 15) is 0 Å². The lowest BCUT2D eigenvalue weighted by molar-refractivity contribution is 0.0357. The lowest BCUT2D eigenvalue weighted by Crippen LogP contribution is -2.44. The third-order valence-corrected chi connectivity index (χ3v) is 6.73. The molecule has 3 aliphatic rings. The Balaban J connectivity index is 1.39. The highest BCUT2D eigenvalue weighted by atomic mass is 16.5. The third kappa shape index (κ3) is 5.26. The van der Waals surface area contributed by atoms with E-state index in [2.05, 4.69) is 26.1 Å².